The quantitative estimate of drug-likeness (QED) is 0.678. The minimum atomic E-state index is -0.767. The maximum atomic E-state index is 13.5. The van der Waals surface area contributed by atoms with Crippen molar-refractivity contribution in [3.05, 3.63) is 65.2 Å². The van der Waals surface area contributed by atoms with Gasteiger partial charge in [-0.3, -0.25) is 14.5 Å². The SMILES string of the molecule is O=C(NC1CCN(c2ccccc2C(=O)N2CCN(C3CCCC3)CC2)CC1)c1cc(F)cc(F)c1. The number of benzene rings is 2. The van der Waals surface area contributed by atoms with Crippen molar-refractivity contribution in [3.63, 3.8) is 0 Å². The molecule has 1 aliphatic carbocycles. The third-order valence-electron chi connectivity index (χ3n) is 7.87. The van der Waals surface area contributed by atoms with E-state index in [4.69, 9.17) is 0 Å². The number of amides is 2. The number of piperazine rings is 1. The van der Waals surface area contributed by atoms with E-state index in [0.717, 1.165) is 55.6 Å². The van der Waals surface area contributed by atoms with E-state index < -0.39 is 17.5 Å². The van der Waals surface area contributed by atoms with E-state index >= 15 is 0 Å². The minimum Gasteiger partial charge on any atom is -0.371 e. The molecule has 0 radical (unpaired) electrons. The third-order valence-corrected chi connectivity index (χ3v) is 7.87. The maximum absolute atomic E-state index is 13.5. The summed E-state index contributed by atoms with van der Waals surface area (Å²) in [6, 6.07) is 11.2. The molecule has 6 nitrogen and oxygen atoms in total. The first-order chi connectivity index (χ1) is 17.5. The smallest absolute Gasteiger partial charge is 0.256 e. The fourth-order valence-electron chi connectivity index (χ4n) is 5.88. The van der Waals surface area contributed by atoms with Crippen LogP contribution in [0.2, 0.25) is 0 Å². The van der Waals surface area contributed by atoms with E-state index in [-0.39, 0.29) is 17.5 Å². The molecule has 0 unspecified atom stereocenters. The van der Waals surface area contributed by atoms with Crippen LogP contribution in [0.4, 0.5) is 14.5 Å². The molecule has 2 aromatic carbocycles. The molecule has 0 atom stereocenters. The van der Waals surface area contributed by atoms with Crippen LogP contribution in [0.1, 0.15) is 59.2 Å². The molecule has 0 bridgehead atoms. The van der Waals surface area contributed by atoms with Crippen LogP contribution in [0.3, 0.4) is 0 Å². The van der Waals surface area contributed by atoms with Gasteiger partial charge in [0.1, 0.15) is 11.6 Å². The number of piperidine rings is 1. The van der Waals surface area contributed by atoms with Crippen molar-refractivity contribution < 1.29 is 18.4 Å². The van der Waals surface area contributed by atoms with Gasteiger partial charge in [0, 0.05) is 68.7 Å². The molecule has 2 amide bonds. The number of hydrogen-bond acceptors (Lipinski definition) is 4. The molecule has 0 spiro atoms. The standard InChI is InChI=1S/C28H34F2N4O2/c29-21-17-20(18-22(30)19-21)27(35)31-23-9-11-33(12-10-23)26-8-4-3-7-25(26)28(36)34-15-13-32(14-16-34)24-5-1-2-6-24/h3-4,7-8,17-19,23-24H,1-2,5-6,9-16H2,(H,31,35). The van der Waals surface area contributed by atoms with Crippen molar-refractivity contribution >= 4 is 17.5 Å². The van der Waals surface area contributed by atoms with Gasteiger partial charge in [-0.1, -0.05) is 25.0 Å². The summed E-state index contributed by atoms with van der Waals surface area (Å²) in [4.78, 5) is 32.7. The Balaban J connectivity index is 1.18. The highest BCUT2D eigenvalue weighted by Crippen LogP contribution is 2.28. The van der Waals surface area contributed by atoms with Crippen molar-refractivity contribution in [2.24, 2.45) is 0 Å². The maximum Gasteiger partial charge on any atom is 0.256 e. The van der Waals surface area contributed by atoms with Crippen molar-refractivity contribution in [1.29, 1.82) is 0 Å². The van der Waals surface area contributed by atoms with E-state index in [1.54, 1.807) is 0 Å². The molecular weight excluding hydrogens is 462 g/mol. The Morgan fingerprint density at radius 1 is 0.806 bits per heavy atom. The second kappa shape index (κ2) is 10.9. The van der Waals surface area contributed by atoms with Gasteiger partial charge in [0.25, 0.3) is 11.8 Å². The lowest BCUT2D eigenvalue weighted by Gasteiger charge is -2.39. The second-order valence-corrected chi connectivity index (χ2v) is 10.2. The third kappa shape index (κ3) is 5.53. The van der Waals surface area contributed by atoms with Crippen molar-refractivity contribution in [2.75, 3.05) is 44.2 Å². The summed E-state index contributed by atoms with van der Waals surface area (Å²) in [7, 11) is 0. The average molecular weight is 497 g/mol. The first kappa shape index (κ1) is 24.7. The van der Waals surface area contributed by atoms with Gasteiger partial charge in [-0.2, -0.15) is 0 Å². The van der Waals surface area contributed by atoms with Crippen LogP contribution >= 0.6 is 0 Å². The normalized spacial score (nSPS) is 20.1. The summed E-state index contributed by atoms with van der Waals surface area (Å²) in [6.45, 7) is 4.78. The Morgan fingerprint density at radius 3 is 2.11 bits per heavy atom. The molecule has 3 fully saturated rings. The summed E-state index contributed by atoms with van der Waals surface area (Å²) in [5.41, 5.74) is 1.64. The number of nitrogens with zero attached hydrogens (tertiary/aromatic N) is 3. The number of anilines is 1. The van der Waals surface area contributed by atoms with Crippen molar-refractivity contribution in [1.82, 2.24) is 15.1 Å². The molecule has 2 saturated heterocycles. The monoisotopic (exact) mass is 496 g/mol. The Morgan fingerprint density at radius 2 is 1.44 bits per heavy atom. The van der Waals surface area contributed by atoms with Crippen molar-refractivity contribution in [3.8, 4) is 0 Å². The zero-order chi connectivity index (χ0) is 25.1. The second-order valence-electron chi connectivity index (χ2n) is 10.2. The van der Waals surface area contributed by atoms with Crippen LogP contribution in [0.25, 0.3) is 0 Å². The molecule has 1 saturated carbocycles. The van der Waals surface area contributed by atoms with Gasteiger partial charge in [-0.25, -0.2) is 8.78 Å². The lowest BCUT2D eigenvalue weighted by atomic mass is 10.0. The first-order valence-electron chi connectivity index (χ1n) is 13.1. The first-order valence-corrected chi connectivity index (χ1v) is 13.1. The van der Waals surface area contributed by atoms with Crippen LogP contribution in [-0.2, 0) is 0 Å². The van der Waals surface area contributed by atoms with Crippen LogP contribution in [0, 0.1) is 11.6 Å². The molecule has 5 rings (SSSR count). The number of hydrogen-bond donors (Lipinski definition) is 1. The lowest BCUT2D eigenvalue weighted by Crippen LogP contribution is -2.51. The van der Waals surface area contributed by atoms with E-state index in [0.29, 0.717) is 32.0 Å². The van der Waals surface area contributed by atoms with Crippen LogP contribution in [-0.4, -0.2) is 73.0 Å². The summed E-state index contributed by atoms with van der Waals surface area (Å²) < 4.78 is 26.9. The van der Waals surface area contributed by atoms with Crippen LogP contribution in [0.5, 0.6) is 0 Å². The molecule has 36 heavy (non-hydrogen) atoms. The fraction of sp³-hybridized carbons (Fsp3) is 0.500. The molecule has 8 heteroatoms. The summed E-state index contributed by atoms with van der Waals surface area (Å²) >= 11 is 0. The highest BCUT2D eigenvalue weighted by Gasteiger charge is 2.30. The van der Waals surface area contributed by atoms with Crippen LogP contribution < -0.4 is 10.2 Å². The van der Waals surface area contributed by atoms with Gasteiger partial charge < -0.3 is 15.1 Å². The summed E-state index contributed by atoms with van der Waals surface area (Å²) in [5, 5.41) is 2.90. The van der Waals surface area contributed by atoms with Gasteiger partial charge in [-0.15, -0.1) is 0 Å². The number of carbonyl (C=O) groups excluding carboxylic acids is 2. The minimum absolute atomic E-state index is 0.0149. The number of rotatable bonds is 5. The number of para-hydroxylation sites is 1. The number of halogens is 2. The van der Waals surface area contributed by atoms with Gasteiger partial charge >= 0.3 is 0 Å². The topological polar surface area (TPSA) is 55.9 Å². The zero-order valence-corrected chi connectivity index (χ0v) is 20.6. The Labute approximate surface area is 211 Å². The number of nitrogens with one attached hydrogen (secondary N) is 1. The Hall–Kier alpha value is -3.00. The highest BCUT2D eigenvalue weighted by molar-refractivity contribution is 6.00. The zero-order valence-electron chi connectivity index (χ0n) is 20.6. The number of carbonyl (C=O) groups is 2. The average Bonchev–Trinajstić information content (AvgIpc) is 3.43. The molecule has 2 aromatic rings. The molecule has 192 valence electrons. The van der Waals surface area contributed by atoms with E-state index in [1.165, 1.54) is 25.7 Å². The van der Waals surface area contributed by atoms with E-state index in [1.807, 2.05) is 29.2 Å². The van der Waals surface area contributed by atoms with Gasteiger partial charge in [0.15, 0.2) is 0 Å². The van der Waals surface area contributed by atoms with Crippen LogP contribution in [0.15, 0.2) is 42.5 Å². The Bertz CT molecular complexity index is 1070. The summed E-state index contributed by atoms with van der Waals surface area (Å²) in [6.07, 6.45) is 6.58. The molecule has 0 aromatic heterocycles. The fourth-order valence-corrected chi connectivity index (χ4v) is 5.88. The van der Waals surface area contributed by atoms with Gasteiger partial charge in [-0.05, 0) is 49.9 Å². The van der Waals surface area contributed by atoms with E-state index in [9.17, 15) is 18.4 Å². The molecule has 2 heterocycles. The van der Waals surface area contributed by atoms with Crippen molar-refractivity contribution in [2.45, 2.75) is 50.6 Å². The predicted octanol–water partition coefficient (Wildman–Crippen LogP) is 4.06. The molecule has 1 N–H and O–H groups in total. The highest BCUT2D eigenvalue weighted by atomic mass is 19.1. The van der Waals surface area contributed by atoms with E-state index in [2.05, 4.69) is 15.1 Å². The molecule has 2 aliphatic heterocycles. The summed E-state index contributed by atoms with van der Waals surface area (Å²) in [5.74, 6) is -1.92. The largest absolute Gasteiger partial charge is 0.371 e. The lowest BCUT2D eigenvalue weighted by molar-refractivity contribution is 0.0574. The predicted molar refractivity (Wildman–Crippen MR) is 135 cm³/mol. The molecular formula is C28H34F2N4O2. The Kier molecular flexibility index (Phi) is 7.51. The molecule has 3 aliphatic rings. The van der Waals surface area contributed by atoms with Gasteiger partial charge in [0.2, 0.25) is 0 Å². The van der Waals surface area contributed by atoms with Gasteiger partial charge in [0.05, 0.1) is 5.56 Å².